The Bertz CT molecular complexity index is 805. The largest absolute Gasteiger partial charge is 0.348 e. The van der Waals surface area contributed by atoms with Gasteiger partial charge in [0, 0.05) is 12.7 Å². The number of sulfone groups is 1. The molecule has 3 rings (SSSR count). The third kappa shape index (κ3) is 3.59. The summed E-state index contributed by atoms with van der Waals surface area (Å²) in [7, 11) is -1.13. The second kappa shape index (κ2) is 6.40. The molecule has 2 atom stereocenters. The fourth-order valence-corrected chi connectivity index (χ4v) is 5.89. The van der Waals surface area contributed by atoms with Crippen LogP contribution in [-0.2, 0) is 14.6 Å². The molecule has 8 heteroatoms. The molecule has 0 unspecified atom stereocenters. The maximum Gasteiger partial charge on any atom is 0.234 e. The zero-order chi connectivity index (χ0) is 17.5. The molecule has 6 nitrogen and oxygen atoms in total. The van der Waals surface area contributed by atoms with Crippen molar-refractivity contribution in [2.24, 2.45) is 4.99 Å². The fraction of sp³-hybridized carbons (Fsp3) is 0.500. The summed E-state index contributed by atoms with van der Waals surface area (Å²) in [5, 5.41) is 3.66. The van der Waals surface area contributed by atoms with Gasteiger partial charge in [-0.25, -0.2) is 8.42 Å². The van der Waals surface area contributed by atoms with Crippen LogP contribution in [0.2, 0.25) is 0 Å². The molecular formula is C16H21N3O3S2. The zero-order valence-electron chi connectivity index (χ0n) is 13.9. The van der Waals surface area contributed by atoms with Crippen molar-refractivity contribution in [1.29, 1.82) is 0 Å². The summed E-state index contributed by atoms with van der Waals surface area (Å²) in [6.45, 7) is 3.98. The minimum atomic E-state index is -2.98. The number of nitrogens with one attached hydrogen (secondary N) is 1. The Balaban J connectivity index is 1.57. The lowest BCUT2D eigenvalue weighted by Crippen LogP contribution is -2.35. The molecule has 0 radical (unpaired) electrons. The molecule has 0 aromatic heterocycles. The molecular weight excluding hydrogens is 346 g/mol. The van der Waals surface area contributed by atoms with Gasteiger partial charge >= 0.3 is 0 Å². The van der Waals surface area contributed by atoms with E-state index in [0.717, 1.165) is 22.0 Å². The number of carbonyl (C=O) groups excluding carboxylic acids is 1. The van der Waals surface area contributed by atoms with E-state index in [0.29, 0.717) is 0 Å². The maximum absolute atomic E-state index is 12.2. The van der Waals surface area contributed by atoms with E-state index in [1.807, 2.05) is 44.0 Å². The molecule has 2 heterocycles. The number of benzene rings is 1. The van der Waals surface area contributed by atoms with Crippen LogP contribution >= 0.6 is 11.8 Å². The number of hydrogen-bond donors (Lipinski definition) is 1. The molecule has 2 aliphatic rings. The number of fused-ring (bicyclic) bond motifs is 1. The Kier molecular flexibility index (Phi) is 4.61. The second-order valence-electron chi connectivity index (χ2n) is 6.39. The van der Waals surface area contributed by atoms with Crippen LogP contribution in [0.5, 0.6) is 0 Å². The average Bonchev–Trinajstić information content (AvgIpc) is 2.93. The number of amides is 1. The number of thioether (sulfide) groups is 1. The standard InChI is InChI=1S/C16H21N3O3S2/c1-10-4-5-12(11(2)6-10)17-15(20)7-23-16-18-13-8-24(21,22)9-14(13)19(16)3/h4-6,13-14H,7-9H2,1-3H3,(H,17,20)/t13-,14+/m0/s1. The smallest absolute Gasteiger partial charge is 0.234 e. The molecule has 0 spiro atoms. The van der Waals surface area contributed by atoms with Crippen LogP contribution in [0.4, 0.5) is 5.69 Å². The predicted octanol–water partition coefficient (Wildman–Crippen LogP) is 1.44. The normalized spacial score (nSPS) is 24.6. The molecule has 1 saturated heterocycles. The van der Waals surface area contributed by atoms with Crippen molar-refractivity contribution in [3.8, 4) is 0 Å². The molecule has 0 bridgehead atoms. The van der Waals surface area contributed by atoms with Gasteiger partial charge in [0.25, 0.3) is 0 Å². The van der Waals surface area contributed by atoms with Gasteiger partial charge < -0.3 is 10.2 Å². The van der Waals surface area contributed by atoms with E-state index in [9.17, 15) is 13.2 Å². The topological polar surface area (TPSA) is 78.8 Å². The first-order valence-corrected chi connectivity index (χ1v) is 10.6. The van der Waals surface area contributed by atoms with Crippen LogP contribution in [0.3, 0.4) is 0 Å². The molecule has 1 aromatic rings. The molecule has 130 valence electrons. The number of nitrogens with zero attached hydrogens (tertiary/aromatic N) is 2. The van der Waals surface area contributed by atoms with Crippen molar-refractivity contribution in [2.45, 2.75) is 25.9 Å². The lowest BCUT2D eigenvalue weighted by Gasteiger charge is -2.20. The number of hydrogen-bond acceptors (Lipinski definition) is 6. The average molecular weight is 367 g/mol. The van der Waals surface area contributed by atoms with Crippen molar-refractivity contribution in [3.63, 3.8) is 0 Å². The van der Waals surface area contributed by atoms with Gasteiger partial charge in [0.15, 0.2) is 15.0 Å². The van der Waals surface area contributed by atoms with Crippen LogP contribution in [-0.4, -0.2) is 60.8 Å². The first-order chi connectivity index (χ1) is 11.2. The summed E-state index contributed by atoms with van der Waals surface area (Å²) >= 11 is 1.35. The molecule has 1 amide bonds. The van der Waals surface area contributed by atoms with Crippen LogP contribution in [0.15, 0.2) is 23.2 Å². The van der Waals surface area contributed by atoms with E-state index in [1.54, 1.807) is 0 Å². The van der Waals surface area contributed by atoms with Crippen molar-refractivity contribution in [2.75, 3.05) is 29.6 Å². The SMILES string of the molecule is Cc1ccc(NC(=O)CSC2=N[C@H]3CS(=O)(=O)C[C@H]3N2C)c(C)c1. The molecule has 0 saturated carbocycles. The van der Waals surface area contributed by atoms with E-state index in [4.69, 9.17) is 0 Å². The van der Waals surface area contributed by atoms with Gasteiger partial charge in [0.2, 0.25) is 5.91 Å². The van der Waals surface area contributed by atoms with Gasteiger partial charge in [-0.05, 0) is 25.5 Å². The van der Waals surface area contributed by atoms with Crippen LogP contribution < -0.4 is 5.32 Å². The van der Waals surface area contributed by atoms with E-state index < -0.39 is 9.84 Å². The molecule has 24 heavy (non-hydrogen) atoms. The Morgan fingerprint density at radius 2 is 2.12 bits per heavy atom. The summed E-state index contributed by atoms with van der Waals surface area (Å²) < 4.78 is 23.3. The Labute approximate surface area is 146 Å². The molecule has 1 N–H and O–H groups in total. The van der Waals surface area contributed by atoms with Crippen molar-refractivity contribution in [3.05, 3.63) is 29.3 Å². The van der Waals surface area contributed by atoms with Crippen molar-refractivity contribution in [1.82, 2.24) is 4.90 Å². The Morgan fingerprint density at radius 1 is 1.38 bits per heavy atom. The molecule has 1 aromatic carbocycles. The number of aliphatic imine (C=N–C) groups is 1. The summed E-state index contributed by atoms with van der Waals surface area (Å²) in [4.78, 5) is 18.5. The number of amidine groups is 1. The maximum atomic E-state index is 12.2. The first-order valence-electron chi connectivity index (χ1n) is 7.76. The minimum Gasteiger partial charge on any atom is -0.348 e. The first kappa shape index (κ1) is 17.3. The number of aryl methyl sites for hydroxylation is 2. The Morgan fingerprint density at radius 3 is 2.79 bits per heavy atom. The van der Waals surface area contributed by atoms with E-state index in [2.05, 4.69) is 10.3 Å². The van der Waals surface area contributed by atoms with Crippen LogP contribution in [0.25, 0.3) is 0 Å². The Hall–Kier alpha value is -1.54. The lowest BCUT2D eigenvalue weighted by molar-refractivity contribution is -0.113. The van der Waals surface area contributed by atoms with E-state index in [-0.39, 0.29) is 35.2 Å². The number of likely N-dealkylation sites (N-methyl/N-ethyl adjacent to an activating group) is 1. The van der Waals surface area contributed by atoms with Gasteiger partial charge in [0.05, 0.1) is 29.3 Å². The van der Waals surface area contributed by atoms with E-state index >= 15 is 0 Å². The van der Waals surface area contributed by atoms with Gasteiger partial charge in [-0.1, -0.05) is 29.5 Å². The molecule has 1 fully saturated rings. The number of anilines is 1. The summed E-state index contributed by atoms with van der Waals surface area (Å²) in [5.41, 5.74) is 3.00. The highest BCUT2D eigenvalue weighted by molar-refractivity contribution is 8.14. The lowest BCUT2D eigenvalue weighted by atomic mass is 10.1. The van der Waals surface area contributed by atoms with Gasteiger partial charge in [0.1, 0.15) is 0 Å². The quantitative estimate of drug-likeness (QED) is 0.875. The predicted molar refractivity (Wildman–Crippen MR) is 98.4 cm³/mol. The summed E-state index contributed by atoms with van der Waals surface area (Å²) in [6.07, 6.45) is 0. The molecule has 0 aliphatic carbocycles. The van der Waals surface area contributed by atoms with Crippen LogP contribution in [0, 0.1) is 13.8 Å². The fourth-order valence-electron chi connectivity index (χ4n) is 3.09. The van der Waals surface area contributed by atoms with E-state index in [1.165, 1.54) is 11.8 Å². The number of carbonyl (C=O) groups is 1. The molecule has 2 aliphatic heterocycles. The third-order valence-electron chi connectivity index (χ3n) is 4.36. The monoisotopic (exact) mass is 367 g/mol. The summed E-state index contributed by atoms with van der Waals surface area (Å²) in [6, 6.07) is 5.62. The van der Waals surface area contributed by atoms with Crippen molar-refractivity contribution >= 4 is 38.4 Å². The minimum absolute atomic E-state index is 0.0834. The van der Waals surface area contributed by atoms with Gasteiger partial charge in [-0.3, -0.25) is 9.79 Å². The van der Waals surface area contributed by atoms with Gasteiger partial charge in [-0.15, -0.1) is 0 Å². The highest BCUT2D eigenvalue weighted by Gasteiger charge is 2.45. The third-order valence-corrected chi connectivity index (χ3v) is 7.11. The van der Waals surface area contributed by atoms with Gasteiger partial charge in [-0.2, -0.15) is 0 Å². The highest BCUT2D eigenvalue weighted by Crippen LogP contribution is 2.29. The van der Waals surface area contributed by atoms with Crippen molar-refractivity contribution < 1.29 is 13.2 Å². The zero-order valence-corrected chi connectivity index (χ0v) is 15.6. The second-order valence-corrected chi connectivity index (χ2v) is 9.49. The van der Waals surface area contributed by atoms with Crippen LogP contribution in [0.1, 0.15) is 11.1 Å². The summed E-state index contributed by atoms with van der Waals surface area (Å²) in [5.74, 6) is 0.424. The number of rotatable bonds is 3. The highest BCUT2D eigenvalue weighted by atomic mass is 32.2.